The van der Waals surface area contributed by atoms with Gasteiger partial charge in [0, 0.05) is 44.3 Å². The summed E-state index contributed by atoms with van der Waals surface area (Å²) in [4.78, 5) is 18.6. The highest BCUT2D eigenvalue weighted by atomic mass is 15.3. The zero-order valence-electron chi connectivity index (χ0n) is 32.8. The minimum absolute atomic E-state index is 0.734. The zero-order chi connectivity index (χ0) is 38.6. The van der Waals surface area contributed by atoms with Gasteiger partial charge in [0.25, 0.3) is 0 Å². The molecule has 2 aliphatic heterocycles. The molecule has 0 atom stereocenters. The Labute approximate surface area is 328 Å². The van der Waals surface area contributed by atoms with E-state index in [-0.39, 0.29) is 0 Å². The van der Waals surface area contributed by atoms with Crippen LogP contribution in [0.15, 0.2) is 133 Å². The van der Waals surface area contributed by atoms with Crippen molar-refractivity contribution >= 4 is 57.7 Å². The van der Waals surface area contributed by atoms with E-state index in [0.717, 1.165) is 98.3 Å². The second-order valence-corrected chi connectivity index (χ2v) is 16.4. The van der Waals surface area contributed by atoms with Crippen molar-refractivity contribution < 1.29 is 0 Å². The van der Waals surface area contributed by atoms with Crippen molar-refractivity contribution in [3.8, 4) is 44.5 Å². The van der Waals surface area contributed by atoms with Crippen LogP contribution >= 0.6 is 0 Å². The summed E-state index contributed by atoms with van der Waals surface area (Å²) in [5, 5.41) is 0. The van der Waals surface area contributed by atoms with Crippen LogP contribution in [0.4, 0.5) is 11.4 Å². The van der Waals surface area contributed by atoms with Crippen molar-refractivity contribution in [2.24, 2.45) is 0 Å². The molecule has 9 rings (SSSR count). The van der Waals surface area contributed by atoms with Crippen molar-refractivity contribution in [1.29, 1.82) is 0 Å². The molecule has 56 heavy (non-hydrogen) atoms. The lowest BCUT2D eigenvalue weighted by molar-refractivity contribution is 0.486. The molecule has 5 heterocycles. The number of H-pyrrole nitrogens is 2. The Morgan fingerprint density at radius 1 is 0.321 bits per heavy atom. The number of fused-ring (bicyclic) bond motifs is 8. The molecule has 0 aliphatic carbocycles. The molecule has 0 amide bonds. The van der Waals surface area contributed by atoms with Crippen LogP contribution in [0.5, 0.6) is 0 Å². The molecular weight excluding hydrogens is 685 g/mol. The maximum atomic E-state index is 5.48. The Kier molecular flexibility index (Phi) is 8.53. The third-order valence-electron chi connectivity index (χ3n) is 10.7. The van der Waals surface area contributed by atoms with Crippen LogP contribution in [-0.2, 0) is 0 Å². The molecule has 274 valence electrons. The molecule has 6 nitrogen and oxygen atoms in total. The highest BCUT2D eigenvalue weighted by Crippen LogP contribution is 2.39. The summed E-state index contributed by atoms with van der Waals surface area (Å²) in [5.74, 6) is 0. The van der Waals surface area contributed by atoms with E-state index in [0.29, 0.717) is 0 Å². The van der Waals surface area contributed by atoms with Gasteiger partial charge >= 0.3 is 0 Å². The molecule has 2 aliphatic rings. The lowest BCUT2D eigenvalue weighted by Gasteiger charge is -2.23. The smallest absolute Gasteiger partial charge is 0.132 e. The second-order valence-electron chi connectivity index (χ2n) is 16.4. The topological polar surface area (TPSA) is 57.4 Å². The van der Waals surface area contributed by atoms with E-state index in [1.165, 1.54) is 11.4 Å². The minimum atomic E-state index is 0.734. The highest BCUT2D eigenvalue weighted by molar-refractivity contribution is 6.00. The summed E-state index contributed by atoms with van der Waals surface area (Å²) < 4.78 is 1.47. The largest absolute Gasteiger partial charge is 0.354 e. The zero-order valence-corrected chi connectivity index (χ0v) is 32.8. The number of hydrogen-bond donors (Lipinski definition) is 2. The molecule has 4 aromatic carbocycles. The molecule has 0 fully saturated rings. The van der Waals surface area contributed by atoms with E-state index in [1.807, 2.05) is 0 Å². The van der Waals surface area contributed by atoms with Gasteiger partial charge in [-0.15, -0.1) is 0 Å². The van der Waals surface area contributed by atoms with Gasteiger partial charge in [-0.1, -0.05) is 60.7 Å². The Hall–Kier alpha value is -6.60. The van der Waals surface area contributed by atoms with Crippen molar-refractivity contribution in [3.63, 3.8) is 0 Å². The molecular formula is C50H46N6+2. The van der Waals surface area contributed by atoms with E-state index in [9.17, 15) is 0 Å². The van der Waals surface area contributed by atoms with E-state index >= 15 is 0 Å². The number of benzene rings is 4. The summed E-state index contributed by atoms with van der Waals surface area (Å²) in [6.07, 6.45) is 8.62. The van der Waals surface area contributed by atoms with E-state index in [2.05, 4.69) is 210 Å². The fourth-order valence-electron chi connectivity index (χ4n) is 7.78. The summed E-state index contributed by atoms with van der Waals surface area (Å²) in [6.45, 7) is 0. The van der Waals surface area contributed by atoms with Crippen molar-refractivity contribution in [1.82, 2.24) is 28.9 Å². The number of aromatic amines is 2. The predicted molar refractivity (Wildman–Crippen MR) is 240 cm³/mol. The maximum absolute atomic E-state index is 5.48. The molecule has 0 unspecified atom stereocenters. The number of quaternary nitrogens is 2. The Morgan fingerprint density at radius 3 is 0.857 bits per heavy atom. The quantitative estimate of drug-likeness (QED) is 0.167. The molecule has 0 radical (unpaired) electrons. The monoisotopic (exact) mass is 730 g/mol. The van der Waals surface area contributed by atoms with Crippen molar-refractivity contribution in [2.75, 3.05) is 42.3 Å². The average molecular weight is 731 g/mol. The SMILES string of the molecule is C[N+](C)(C)c1ccc(-c2c3nc(c(-c4ccc([N+](C)(C)C)cc4)c4ccc([nH]4)c(-c4ccccc4)c4nc(c(-c5ccccc5)c5ccc2[nH]5)C=C4)C=C3)cc1. The van der Waals surface area contributed by atoms with E-state index < -0.39 is 0 Å². The van der Waals surface area contributed by atoms with Gasteiger partial charge < -0.3 is 9.97 Å². The predicted octanol–water partition coefficient (Wildman–Crippen LogP) is 11.7. The normalized spacial score (nSPS) is 12.7. The minimum Gasteiger partial charge on any atom is -0.354 e. The van der Waals surface area contributed by atoms with Gasteiger partial charge in [-0.3, -0.25) is 8.97 Å². The first kappa shape index (κ1) is 35.1. The van der Waals surface area contributed by atoms with Gasteiger partial charge in [0.05, 0.1) is 65.1 Å². The summed E-state index contributed by atoms with van der Waals surface area (Å²) in [7, 11) is 13.2. The fraction of sp³-hybridized carbons (Fsp3) is 0.120. The van der Waals surface area contributed by atoms with E-state index in [4.69, 9.17) is 9.97 Å². The Morgan fingerprint density at radius 2 is 0.589 bits per heavy atom. The lowest BCUT2D eigenvalue weighted by Crippen LogP contribution is -2.34. The van der Waals surface area contributed by atoms with E-state index in [1.54, 1.807) is 0 Å². The molecule has 3 aromatic heterocycles. The van der Waals surface area contributed by atoms with Crippen molar-refractivity contribution in [3.05, 3.63) is 156 Å². The molecule has 8 bridgehead atoms. The lowest BCUT2D eigenvalue weighted by atomic mass is 10.0. The van der Waals surface area contributed by atoms with Crippen LogP contribution in [0.2, 0.25) is 0 Å². The van der Waals surface area contributed by atoms with Crippen LogP contribution in [0.1, 0.15) is 22.8 Å². The number of nitrogens with zero attached hydrogens (tertiary/aromatic N) is 4. The maximum Gasteiger partial charge on any atom is 0.132 e. The van der Waals surface area contributed by atoms with Crippen molar-refractivity contribution in [2.45, 2.75) is 0 Å². The molecule has 7 aromatic rings. The van der Waals surface area contributed by atoms with Gasteiger partial charge in [0.2, 0.25) is 0 Å². The standard InChI is InChI=1S/C50H46N6/c1-55(2,3)37-21-17-35(18-22-37)49-43-29-27-41(52-43)47(33-13-9-7-10-14-33)39-25-26-40(51-39)48(34-15-11-8-12-16-34)42-28-30-44(53-42)50(46-32-31-45(49)54-46)36-19-23-38(24-20-36)56(4,5)6/h7-32,52-53H,1-6H3/q+2. The molecule has 6 heteroatoms. The van der Waals surface area contributed by atoms with Crippen LogP contribution < -0.4 is 8.97 Å². The fourth-order valence-corrected chi connectivity index (χ4v) is 7.78. The average Bonchev–Trinajstić information content (AvgIpc) is 4.03. The number of hydrogen-bond acceptors (Lipinski definition) is 2. The van der Waals surface area contributed by atoms with Gasteiger partial charge in [-0.05, 0) is 119 Å². The number of nitrogens with one attached hydrogen (secondary N) is 2. The Balaban J connectivity index is 1.43. The Bertz CT molecular complexity index is 2630. The van der Waals surface area contributed by atoms with Crippen LogP contribution in [0.25, 0.3) is 90.9 Å². The second kappa shape index (κ2) is 13.6. The summed E-state index contributed by atoms with van der Waals surface area (Å²) in [5.41, 5.74) is 18.5. The first-order chi connectivity index (χ1) is 27.0. The van der Waals surface area contributed by atoms with Gasteiger partial charge in [0.15, 0.2) is 0 Å². The molecule has 0 spiro atoms. The number of rotatable bonds is 6. The molecule has 0 saturated heterocycles. The molecule has 0 saturated carbocycles. The van der Waals surface area contributed by atoms with Gasteiger partial charge in [-0.2, -0.15) is 0 Å². The number of aromatic nitrogens is 4. The highest BCUT2D eigenvalue weighted by Gasteiger charge is 2.20. The van der Waals surface area contributed by atoms with Crippen LogP contribution in [-0.4, -0.2) is 62.2 Å². The summed E-state index contributed by atoms with van der Waals surface area (Å²) in [6, 6.07) is 47.6. The first-order valence-corrected chi connectivity index (χ1v) is 19.1. The third-order valence-corrected chi connectivity index (χ3v) is 10.7. The van der Waals surface area contributed by atoms with Crippen LogP contribution in [0.3, 0.4) is 0 Å². The first-order valence-electron chi connectivity index (χ1n) is 19.1. The van der Waals surface area contributed by atoms with Gasteiger partial charge in [-0.25, -0.2) is 9.97 Å². The molecule has 2 N–H and O–H groups in total. The third kappa shape index (κ3) is 6.49. The summed E-state index contributed by atoms with van der Waals surface area (Å²) >= 11 is 0. The van der Waals surface area contributed by atoms with Gasteiger partial charge in [0.1, 0.15) is 11.4 Å². The van der Waals surface area contributed by atoms with Crippen LogP contribution in [0, 0.1) is 0 Å².